The number of phosphoric acid groups is 1. The first kappa shape index (κ1) is 78.4. The van der Waals surface area contributed by atoms with E-state index >= 15 is 0 Å². The lowest BCUT2D eigenvalue weighted by molar-refractivity contribution is -0.272. The maximum Gasteiger partial charge on any atom is 0.268 e. The lowest BCUT2D eigenvalue weighted by Gasteiger charge is -2.42. The van der Waals surface area contributed by atoms with Gasteiger partial charge in [-0.25, -0.2) is 0 Å². The fraction of sp³-hybridized carbons (Fsp3) is 0.882. The van der Waals surface area contributed by atoms with Crippen LogP contribution in [0.1, 0.15) is 48.0 Å². The standard InChI is InChI=1S/C51H95N8O28P/c1-30(63)55-39-45(72)42(69)33(27-60)84-48(39)80-21-18-77-14-8-52-36(66)24-58(13-17-83-88(75,76)87-51(4,5)6)11-7-12-59(25-37(67)53-9-15-78-19-22-81-49-40(56-31(2)64)46(73)43(70)34(28-61)85-49)26-38(68)54-10-16-79-20-23-82-50-41(57-32(3)65)47(74)44(71)35(29-62)86-50/h33-35,39-50,60-62,69-74H,7-29H2,1-6H3,(H,52,66)(H,53,67)(H,54,68)(H,55,63)(H,56,64)(H,57,65)(H,75,76)/p-1. The summed E-state index contributed by atoms with van der Waals surface area (Å²) in [6.45, 7) is 4.51. The lowest BCUT2D eigenvalue weighted by atomic mass is 9.97. The zero-order chi connectivity index (χ0) is 65.6. The average molecular weight is 1300 g/mol. The second-order valence-corrected chi connectivity index (χ2v) is 23.0. The number of nitrogens with one attached hydrogen (secondary N) is 6. The Morgan fingerprint density at radius 3 is 1.10 bits per heavy atom. The Kier molecular flexibility index (Phi) is 36.4. The molecule has 0 saturated carbocycles. The molecule has 0 aliphatic carbocycles. The van der Waals surface area contributed by atoms with Gasteiger partial charge in [-0.1, -0.05) is 0 Å². The molecule has 3 rings (SSSR count). The lowest BCUT2D eigenvalue weighted by Crippen LogP contribution is -2.64. The van der Waals surface area contributed by atoms with Crippen LogP contribution in [0.3, 0.4) is 0 Å². The SMILES string of the molecule is CC(=O)NC1C(OCCOCCNC(=O)CN(CCCN(CC(=O)NCCOCCOC2OC(CO)C(O)C(O)C2NC(C)=O)CC(=O)NCCOCCOC2OC(CO)C(O)C(O)C2NC(C)=O)CCOP(=O)([O-])OC(C)(C)C)OC(CO)C(O)C1O. The van der Waals surface area contributed by atoms with Gasteiger partial charge in [-0.15, -0.1) is 0 Å². The van der Waals surface area contributed by atoms with Crippen LogP contribution in [0.25, 0.3) is 0 Å². The third-order valence-electron chi connectivity index (χ3n) is 13.1. The van der Waals surface area contributed by atoms with Gasteiger partial charge in [0.1, 0.15) is 73.1 Å². The average Bonchev–Trinajstić information content (AvgIpc) is 1.32. The van der Waals surface area contributed by atoms with Crippen molar-refractivity contribution in [3.63, 3.8) is 0 Å². The highest BCUT2D eigenvalue weighted by molar-refractivity contribution is 7.45. The van der Waals surface area contributed by atoms with E-state index in [1.807, 2.05) is 0 Å². The van der Waals surface area contributed by atoms with E-state index in [4.69, 9.17) is 51.7 Å². The van der Waals surface area contributed by atoms with E-state index in [2.05, 4.69) is 31.9 Å². The van der Waals surface area contributed by atoms with Gasteiger partial charge in [0.25, 0.3) is 7.82 Å². The molecule has 15 N–H and O–H groups in total. The molecule has 0 radical (unpaired) electrons. The largest absolute Gasteiger partial charge is 0.756 e. The molecular formula is C51H94N8O28P-. The van der Waals surface area contributed by atoms with Crippen molar-refractivity contribution >= 4 is 43.3 Å². The van der Waals surface area contributed by atoms with Gasteiger partial charge in [-0.05, 0) is 33.7 Å². The molecule has 0 aromatic heterocycles. The van der Waals surface area contributed by atoms with Crippen LogP contribution in [-0.2, 0) is 85.0 Å². The molecule has 3 aliphatic heterocycles. The molecule has 0 aromatic carbocycles. The van der Waals surface area contributed by atoms with Crippen molar-refractivity contribution in [1.82, 2.24) is 41.7 Å². The van der Waals surface area contributed by atoms with Gasteiger partial charge in [0.05, 0.1) is 111 Å². The van der Waals surface area contributed by atoms with Crippen molar-refractivity contribution in [2.75, 3.05) is 145 Å². The number of carbonyl (C=O) groups is 6. The molecule has 0 aromatic rings. The minimum atomic E-state index is -4.79. The van der Waals surface area contributed by atoms with E-state index in [-0.39, 0.29) is 125 Å². The minimum Gasteiger partial charge on any atom is -0.756 e. The first-order valence-electron chi connectivity index (χ1n) is 28.8. The van der Waals surface area contributed by atoms with Gasteiger partial charge in [0.2, 0.25) is 35.4 Å². The van der Waals surface area contributed by atoms with E-state index in [9.17, 15) is 84.2 Å². The molecule has 16 atom stereocenters. The van der Waals surface area contributed by atoms with E-state index in [0.717, 1.165) is 0 Å². The fourth-order valence-corrected chi connectivity index (χ4v) is 10.1. The third-order valence-corrected chi connectivity index (χ3v) is 14.4. The summed E-state index contributed by atoms with van der Waals surface area (Å²) in [5.41, 5.74) is -1.10. The molecule has 36 nitrogen and oxygen atoms in total. The Bertz CT molecular complexity index is 2050. The number of aliphatic hydroxyl groups is 9. The number of carbonyl (C=O) groups excluding carboxylic acids is 6. The number of ether oxygens (including phenoxy) is 9. The van der Waals surface area contributed by atoms with Crippen molar-refractivity contribution in [1.29, 1.82) is 0 Å². The van der Waals surface area contributed by atoms with E-state index in [1.165, 1.54) is 46.4 Å². The van der Waals surface area contributed by atoms with E-state index in [1.54, 1.807) is 4.90 Å². The highest BCUT2D eigenvalue weighted by Crippen LogP contribution is 2.42. The summed E-state index contributed by atoms with van der Waals surface area (Å²) in [6, 6.07) is -3.48. The van der Waals surface area contributed by atoms with Crippen LogP contribution in [-0.4, -0.2) is 334 Å². The van der Waals surface area contributed by atoms with E-state index in [0.29, 0.717) is 0 Å². The number of hydrogen-bond acceptors (Lipinski definition) is 30. The van der Waals surface area contributed by atoms with Crippen LogP contribution in [0.2, 0.25) is 0 Å². The molecular weight excluding hydrogens is 1200 g/mol. The minimum absolute atomic E-state index is 0.000244. The number of rotatable bonds is 42. The van der Waals surface area contributed by atoms with Crippen LogP contribution in [0.5, 0.6) is 0 Å². The summed E-state index contributed by atoms with van der Waals surface area (Å²) in [7, 11) is -4.79. The molecule has 3 aliphatic rings. The smallest absolute Gasteiger partial charge is 0.268 e. The number of nitrogens with zero attached hydrogens (tertiary/aromatic N) is 2. The predicted octanol–water partition coefficient (Wildman–Crippen LogP) is -9.44. The second kappa shape index (κ2) is 40.9. The summed E-state index contributed by atoms with van der Waals surface area (Å²) in [6.07, 6.45) is -16.1. The van der Waals surface area contributed by atoms with Gasteiger partial charge in [-0.3, -0.25) is 43.1 Å². The van der Waals surface area contributed by atoms with Gasteiger partial charge < -0.3 is 134 Å². The third kappa shape index (κ3) is 29.6. The molecule has 37 heteroatoms. The quantitative estimate of drug-likeness (QED) is 0.0199. The van der Waals surface area contributed by atoms with Gasteiger partial charge >= 0.3 is 0 Å². The second-order valence-electron chi connectivity index (χ2n) is 21.6. The molecule has 88 heavy (non-hydrogen) atoms. The van der Waals surface area contributed by atoms with Crippen molar-refractivity contribution in [2.45, 2.75) is 145 Å². The molecule has 0 bridgehead atoms. The number of hydrogen-bond donors (Lipinski definition) is 15. The maximum absolute atomic E-state index is 13.3. The molecule has 3 heterocycles. The molecule has 3 fully saturated rings. The van der Waals surface area contributed by atoms with Crippen molar-refractivity contribution in [3.05, 3.63) is 0 Å². The Balaban J connectivity index is 1.59. The summed E-state index contributed by atoms with van der Waals surface area (Å²) < 4.78 is 72.9. The molecule has 0 spiro atoms. The highest BCUT2D eigenvalue weighted by Gasteiger charge is 2.48. The maximum atomic E-state index is 13.3. The first-order chi connectivity index (χ1) is 41.6. The molecule has 3 saturated heterocycles. The molecule has 16 unspecified atom stereocenters. The topological polar surface area (TPSA) is 505 Å². The summed E-state index contributed by atoms with van der Waals surface area (Å²) >= 11 is 0. The zero-order valence-electron chi connectivity index (χ0n) is 50.5. The Hall–Kier alpha value is -3.87. The Labute approximate surface area is 509 Å². The Morgan fingerprint density at radius 2 is 0.795 bits per heavy atom. The monoisotopic (exact) mass is 1300 g/mol. The van der Waals surface area contributed by atoms with Crippen molar-refractivity contribution in [2.24, 2.45) is 0 Å². The van der Waals surface area contributed by atoms with Gasteiger partial charge in [0.15, 0.2) is 18.9 Å². The number of phosphoric ester groups is 1. The fourth-order valence-electron chi connectivity index (χ4n) is 9.02. The summed E-state index contributed by atoms with van der Waals surface area (Å²) in [4.78, 5) is 90.8. The van der Waals surface area contributed by atoms with Crippen LogP contribution < -0.4 is 36.8 Å². The van der Waals surface area contributed by atoms with Crippen LogP contribution in [0.4, 0.5) is 0 Å². The zero-order valence-corrected chi connectivity index (χ0v) is 51.4. The normalized spacial score (nSPS) is 28.2. The van der Waals surface area contributed by atoms with Crippen molar-refractivity contribution < 1.29 is 136 Å². The van der Waals surface area contributed by atoms with E-state index < -0.39 is 167 Å². The van der Waals surface area contributed by atoms with Gasteiger partial charge in [0, 0.05) is 53.5 Å². The summed E-state index contributed by atoms with van der Waals surface area (Å²) in [5, 5.41) is 106. The van der Waals surface area contributed by atoms with Crippen LogP contribution in [0.15, 0.2) is 0 Å². The summed E-state index contributed by atoms with van der Waals surface area (Å²) in [5.74, 6) is -3.13. The van der Waals surface area contributed by atoms with Gasteiger partial charge in [-0.2, -0.15) is 0 Å². The molecule has 512 valence electrons. The van der Waals surface area contributed by atoms with Crippen LogP contribution in [0, 0.1) is 0 Å². The predicted molar refractivity (Wildman–Crippen MR) is 297 cm³/mol. The van der Waals surface area contributed by atoms with Crippen molar-refractivity contribution in [3.8, 4) is 0 Å². The number of aliphatic hydroxyl groups excluding tert-OH is 9. The Morgan fingerprint density at radius 1 is 0.477 bits per heavy atom. The van der Waals surface area contributed by atoms with Crippen LogP contribution >= 0.6 is 7.82 Å². The first-order valence-corrected chi connectivity index (χ1v) is 30.2. The molecule has 6 amide bonds. The number of amides is 6. The highest BCUT2D eigenvalue weighted by atomic mass is 31.2.